The number of rotatable bonds is 7. The van der Waals surface area contributed by atoms with E-state index >= 15 is 0 Å². The van der Waals surface area contributed by atoms with Crippen molar-refractivity contribution in [1.82, 2.24) is 9.55 Å². The van der Waals surface area contributed by atoms with E-state index < -0.39 is 0 Å². The van der Waals surface area contributed by atoms with E-state index in [1.54, 1.807) is 7.11 Å². The summed E-state index contributed by atoms with van der Waals surface area (Å²) < 4.78 is 7.26. The van der Waals surface area contributed by atoms with E-state index in [2.05, 4.69) is 21.8 Å². The van der Waals surface area contributed by atoms with Gasteiger partial charge in [-0.25, -0.2) is 4.98 Å². The van der Waals surface area contributed by atoms with Crippen LogP contribution in [0.25, 0.3) is 0 Å². The number of aryl methyl sites for hydroxylation is 1. The van der Waals surface area contributed by atoms with E-state index in [4.69, 9.17) is 4.74 Å². The Hall–Kier alpha value is -1.03. The number of hydrogen-bond donors (Lipinski definition) is 1. The Morgan fingerprint density at radius 2 is 2.22 bits per heavy atom. The number of imidazole rings is 1. The molecule has 1 aliphatic rings. The zero-order valence-corrected chi connectivity index (χ0v) is 11.6. The van der Waals surface area contributed by atoms with E-state index in [1.165, 1.54) is 25.7 Å². The molecule has 0 aromatic carbocycles. The fourth-order valence-electron chi connectivity index (χ4n) is 2.73. The van der Waals surface area contributed by atoms with Gasteiger partial charge in [0.05, 0.1) is 0 Å². The predicted octanol–water partition coefficient (Wildman–Crippen LogP) is 2.91. The lowest BCUT2D eigenvalue weighted by Crippen LogP contribution is -2.24. The third kappa shape index (κ3) is 3.48. The van der Waals surface area contributed by atoms with Crippen LogP contribution in [-0.4, -0.2) is 29.8 Å². The first-order chi connectivity index (χ1) is 8.73. The van der Waals surface area contributed by atoms with Crippen molar-refractivity contribution in [3.8, 4) is 0 Å². The van der Waals surface area contributed by atoms with E-state index in [9.17, 15) is 0 Å². The maximum absolute atomic E-state index is 5.08. The summed E-state index contributed by atoms with van der Waals surface area (Å²) in [6, 6.07) is 0. The van der Waals surface area contributed by atoms with Gasteiger partial charge >= 0.3 is 0 Å². The second-order valence-corrected chi connectivity index (χ2v) is 5.66. The number of ether oxygens (including phenoxy) is 1. The Morgan fingerprint density at radius 1 is 1.44 bits per heavy atom. The highest BCUT2D eigenvalue weighted by Gasteiger charge is 2.28. The molecular weight excluding hydrogens is 226 g/mol. The van der Waals surface area contributed by atoms with Gasteiger partial charge in [0.25, 0.3) is 0 Å². The van der Waals surface area contributed by atoms with Gasteiger partial charge in [-0.3, -0.25) is 0 Å². The number of nitrogens with zero attached hydrogens (tertiary/aromatic N) is 2. The SMILES string of the molecule is COCCCn1ccnc1NCC1(C)CCCC1. The molecule has 2 rings (SSSR count). The molecule has 0 atom stereocenters. The van der Waals surface area contributed by atoms with Crippen molar-refractivity contribution in [2.75, 3.05) is 25.6 Å². The molecule has 1 N–H and O–H groups in total. The summed E-state index contributed by atoms with van der Waals surface area (Å²) in [6.45, 7) is 5.18. The highest BCUT2D eigenvalue weighted by Crippen LogP contribution is 2.37. The van der Waals surface area contributed by atoms with Gasteiger partial charge in [0.15, 0.2) is 0 Å². The van der Waals surface area contributed by atoms with Crippen LogP contribution in [0.2, 0.25) is 0 Å². The van der Waals surface area contributed by atoms with Crippen LogP contribution in [0.4, 0.5) is 5.95 Å². The number of anilines is 1. The normalized spacial score (nSPS) is 18.1. The van der Waals surface area contributed by atoms with Crippen LogP contribution in [0.1, 0.15) is 39.0 Å². The third-order valence-electron chi connectivity index (χ3n) is 3.95. The van der Waals surface area contributed by atoms with Crippen molar-refractivity contribution in [3.05, 3.63) is 12.4 Å². The molecule has 1 aromatic heterocycles. The van der Waals surface area contributed by atoms with Crippen molar-refractivity contribution in [1.29, 1.82) is 0 Å². The molecule has 1 aliphatic carbocycles. The van der Waals surface area contributed by atoms with Gasteiger partial charge in [0.1, 0.15) is 0 Å². The highest BCUT2D eigenvalue weighted by molar-refractivity contribution is 5.26. The lowest BCUT2D eigenvalue weighted by atomic mass is 9.89. The molecule has 4 heteroatoms. The third-order valence-corrected chi connectivity index (χ3v) is 3.95. The Bertz CT molecular complexity index is 356. The molecule has 1 fully saturated rings. The molecule has 0 amide bonds. The van der Waals surface area contributed by atoms with Gasteiger partial charge in [0.2, 0.25) is 5.95 Å². The quantitative estimate of drug-likeness (QED) is 0.757. The summed E-state index contributed by atoms with van der Waals surface area (Å²) in [5.74, 6) is 0.999. The Kier molecular flexibility index (Phi) is 4.64. The molecule has 0 radical (unpaired) electrons. The van der Waals surface area contributed by atoms with Crippen LogP contribution in [0, 0.1) is 5.41 Å². The molecule has 4 nitrogen and oxygen atoms in total. The zero-order valence-electron chi connectivity index (χ0n) is 11.6. The zero-order chi connectivity index (χ0) is 12.8. The Balaban J connectivity index is 1.83. The van der Waals surface area contributed by atoms with E-state index in [0.717, 1.165) is 32.1 Å². The second-order valence-electron chi connectivity index (χ2n) is 5.66. The smallest absolute Gasteiger partial charge is 0.202 e. The lowest BCUT2D eigenvalue weighted by molar-refractivity contribution is 0.190. The first-order valence-electron chi connectivity index (χ1n) is 6.97. The van der Waals surface area contributed by atoms with Gasteiger partial charge in [-0.05, 0) is 24.7 Å². The van der Waals surface area contributed by atoms with Gasteiger partial charge < -0.3 is 14.6 Å². The summed E-state index contributed by atoms with van der Waals surface area (Å²) in [7, 11) is 1.74. The van der Waals surface area contributed by atoms with Crippen molar-refractivity contribution in [2.45, 2.75) is 45.6 Å². The molecule has 18 heavy (non-hydrogen) atoms. The monoisotopic (exact) mass is 251 g/mol. The van der Waals surface area contributed by atoms with Crippen molar-refractivity contribution < 1.29 is 4.74 Å². The van der Waals surface area contributed by atoms with Crippen LogP contribution >= 0.6 is 0 Å². The fourth-order valence-corrected chi connectivity index (χ4v) is 2.73. The molecule has 1 saturated carbocycles. The number of methoxy groups -OCH3 is 1. The van der Waals surface area contributed by atoms with Crippen molar-refractivity contribution >= 4 is 5.95 Å². The van der Waals surface area contributed by atoms with Crippen LogP contribution in [0.5, 0.6) is 0 Å². The van der Waals surface area contributed by atoms with Gasteiger partial charge in [0, 0.05) is 39.2 Å². The number of hydrogen-bond acceptors (Lipinski definition) is 3. The van der Waals surface area contributed by atoms with Crippen LogP contribution in [-0.2, 0) is 11.3 Å². The summed E-state index contributed by atoms with van der Waals surface area (Å²) >= 11 is 0. The highest BCUT2D eigenvalue weighted by atomic mass is 16.5. The van der Waals surface area contributed by atoms with Gasteiger partial charge in [-0.1, -0.05) is 19.8 Å². The molecule has 0 aliphatic heterocycles. The first kappa shape index (κ1) is 13.4. The minimum Gasteiger partial charge on any atom is -0.385 e. The second kappa shape index (κ2) is 6.23. The standard InChI is InChI=1S/C14H25N3O/c1-14(6-3-4-7-14)12-16-13-15-8-10-17(13)9-5-11-18-2/h8,10H,3-7,9,11-12H2,1-2H3,(H,15,16). The average molecular weight is 251 g/mol. The van der Waals surface area contributed by atoms with E-state index in [1.807, 2.05) is 12.4 Å². The van der Waals surface area contributed by atoms with Crippen LogP contribution < -0.4 is 5.32 Å². The summed E-state index contributed by atoms with van der Waals surface area (Å²) in [5, 5.41) is 3.51. The maximum atomic E-state index is 5.08. The summed E-state index contributed by atoms with van der Waals surface area (Å²) in [4.78, 5) is 4.40. The number of aromatic nitrogens is 2. The number of nitrogens with one attached hydrogen (secondary N) is 1. The molecular formula is C14H25N3O. The molecule has 0 spiro atoms. The fraction of sp³-hybridized carbons (Fsp3) is 0.786. The average Bonchev–Trinajstić information content (AvgIpc) is 2.97. The first-order valence-corrected chi connectivity index (χ1v) is 6.97. The Labute approximate surface area is 110 Å². The lowest BCUT2D eigenvalue weighted by Gasteiger charge is -2.24. The largest absolute Gasteiger partial charge is 0.385 e. The van der Waals surface area contributed by atoms with Gasteiger partial charge in [-0.15, -0.1) is 0 Å². The van der Waals surface area contributed by atoms with E-state index in [0.29, 0.717) is 5.41 Å². The van der Waals surface area contributed by atoms with Crippen LogP contribution in [0.15, 0.2) is 12.4 Å². The van der Waals surface area contributed by atoms with Crippen molar-refractivity contribution in [2.24, 2.45) is 5.41 Å². The molecule has 0 unspecified atom stereocenters. The Morgan fingerprint density at radius 3 is 2.94 bits per heavy atom. The molecule has 1 heterocycles. The summed E-state index contributed by atoms with van der Waals surface area (Å²) in [6.07, 6.45) is 10.4. The molecule has 102 valence electrons. The van der Waals surface area contributed by atoms with E-state index in [-0.39, 0.29) is 0 Å². The summed E-state index contributed by atoms with van der Waals surface area (Å²) in [5.41, 5.74) is 0.462. The maximum Gasteiger partial charge on any atom is 0.202 e. The molecule has 1 aromatic rings. The predicted molar refractivity (Wildman–Crippen MR) is 73.8 cm³/mol. The minimum absolute atomic E-state index is 0.462. The minimum atomic E-state index is 0.462. The van der Waals surface area contributed by atoms with Gasteiger partial charge in [-0.2, -0.15) is 0 Å². The topological polar surface area (TPSA) is 39.1 Å². The molecule has 0 saturated heterocycles. The van der Waals surface area contributed by atoms with Crippen LogP contribution in [0.3, 0.4) is 0 Å². The van der Waals surface area contributed by atoms with Crippen molar-refractivity contribution in [3.63, 3.8) is 0 Å². The molecule has 0 bridgehead atoms.